The summed E-state index contributed by atoms with van der Waals surface area (Å²) in [5, 5.41) is 16.7. The zero-order valence-corrected chi connectivity index (χ0v) is 25.6. The maximum absolute atomic E-state index is 13.6. The van der Waals surface area contributed by atoms with E-state index >= 15 is 0 Å². The van der Waals surface area contributed by atoms with Crippen LogP contribution in [-0.4, -0.2) is 43.4 Å². The molecule has 11 heteroatoms. The molecule has 0 bridgehead atoms. The van der Waals surface area contributed by atoms with Crippen LogP contribution in [0, 0.1) is 18.3 Å². The molecule has 4 aromatic rings. The summed E-state index contributed by atoms with van der Waals surface area (Å²) in [7, 11) is 2.94. The Morgan fingerprint density at radius 1 is 1.00 bits per heavy atom. The molecule has 0 saturated carbocycles. The molecule has 0 saturated heterocycles. The lowest BCUT2D eigenvalue weighted by molar-refractivity contribution is -0.113. The summed E-state index contributed by atoms with van der Waals surface area (Å²) in [6.45, 7) is 4.09. The van der Waals surface area contributed by atoms with Crippen molar-refractivity contribution in [3.8, 4) is 34.4 Å². The Balaban J connectivity index is 1.70. The summed E-state index contributed by atoms with van der Waals surface area (Å²) >= 11 is 7.26. The standard InChI is InChI=1S/C32H29ClN4O5S/c1-5-42-22-13-11-20(12-14-22)30-23(17-34)32(35-19(2)29(30)31(39)36-21-9-7-6-8-10-21)43-18-28(38)37-25-16-26(40-3)24(33)15-27(25)41-4/h6-16H,5,18H2,1-4H3,(H,36,39)(H,37,38). The number of carbonyl (C=O) groups excluding carboxylic acids is 2. The fraction of sp³-hybridized carbons (Fsp3) is 0.188. The summed E-state index contributed by atoms with van der Waals surface area (Å²) < 4.78 is 16.2. The van der Waals surface area contributed by atoms with Crippen LogP contribution in [0.15, 0.2) is 71.8 Å². The SMILES string of the molecule is CCOc1ccc(-c2c(C#N)c(SCC(=O)Nc3cc(OC)c(Cl)cc3OC)nc(C)c2C(=O)Nc2ccccc2)cc1. The molecule has 2 amide bonds. The molecule has 0 spiro atoms. The molecule has 0 aliphatic rings. The first kappa shape index (κ1) is 31.2. The average Bonchev–Trinajstić information content (AvgIpc) is 3.01. The molecule has 0 radical (unpaired) electrons. The number of aromatic nitrogens is 1. The van der Waals surface area contributed by atoms with Gasteiger partial charge in [-0.25, -0.2) is 4.98 Å². The number of hydrogen-bond acceptors (Lipinski definition) is 8. The number of thioether (sulfide) groups is 1. The molecular weight excluding hydrogens is 588 g/mol. The van der Waals surface area contributed by atoms with Crippen LogP contribution < -0.4 is 24.8 Å². The number of nitrogens with zero attached hydrogens (tertiary/aromatic N) is 2. The van der Waals surface area contributed by atoms with Gasteiger partial charge in [0.25, 0.3) is 5.91 Å². The van der Waals surface area contributed by atoms with Crippen molar-refractivity contribution in [1.29, 1.82) is 5.26 Å². The van der Waals surface area contributed by atoms with Gasteiger partial charge in [-0.2, -0.15) is 5.26 Å². The number of para-hydroxylation sites is 1. The van der Waals surface area contributed by atoms with Gasteiger partial charge in [0.15, 0.2) is 0 Å². The highest BCUT2D eigenvalue weighted by Gasteiger charge is 2.25. The van der Waals surface area contributed by atoms with Crippen molar-refractivity contribution >= 4 is 46.6 Å². The molecule has 2 N–H and O–H groups in total. The van der Waals surface area contributed by atoms with Crippen molar-refractivity contribution in [3.05, 3.63) is 88.6 Å². The van der Waals surface area contributed by atoms with Gasteiger partial charge < -0.3 is 24.8 Å². The molecule has 0 unspecified atom stereocenters. The van der Waals surface area contributed by atoms with E-state index in [1.807, 2.05) is 25.1 Å². The van der Waals surface area contributed by atoms with Gasteiger partial charge in [0.1, 0.15) is 28.3 Å². The minimum absolute atomic E-state index is 0.0759. The molecule has 0 aliphatic carbocycles. The number of pyridine rings is 1. The number of nitriles is 1. The lowest BCUT2D eigenvalue weighted by Gasteiger charge is -2.17. The van der Waals surface area contributed by atoms with Gasteiger partial charge in [0.05, 0.1) is 54.1 Å². The Morgan fingerprint density at radius 3 is 2.33 bits per heavy atom. The zero-order valence-electron chi connectivity index (χ0n) is 24.0. The zero-order chi connectivity index (χ0) is 30.9. The third kappa shape index (κ3) is 7.38. The lowest BCUT2D eigenvalue weighted by atomic mass is 9.94. The molecule has 3 aromatic carbocycles. The molecule has 1 heterocycles. The van der Waals surface area contributed by atoms with Crippen LogP contribution in [0.3, 0.4) is 0 Å². The summed E-state index contributed by atoms with van der Waals surface area (Å²) in [5.74, 6) is 0.541. The van der Waals surface area contributed by atoms with Gasteiger partial charge >= 0.3 is 0 Å². The molecular formula is C32H29ClN4O5S. The first-order valence-corrected chi connectivity index (χ1v) is 14.5. The van der Waals surface area contributed by atoms with E-state index in [-0.39, 0.29) is 22.8 Å². The van der Waals surface area contributed by atoms with E-state index in [0.29, 0.717) is 62.1 Å². The fourth-order valence-electron chi connectivity index (χ4n) is 4.33. The van der Waals surface area contributed by atoms with E-state index in [1.54, 1.807) is 55.5 Å². The minimum Gasteiger partial charge on any atom is -0.495 e. The smallest absolute Gasteiger partial charge is 0.258 e. The Morgan fingerprint density at radius 2 is 1.70 bits per heavy atom. The fourth-order valence-corrected chi connectivity index (χ4v) is 5.39. The number of rotatable bonds is 11. The first-order chi connectivity index (χ1) is 20.8. The predicted molar refractivity (Wildman–Crippen MR) is 169 cm³/mol. The predicted octanol–water partition coefficient (Wildman–Crippen LogP) is 6.98. The van der Waals surface area contributed by atoms with Crippen LogP contribution in [0.4, 0.5) is 11.4 Å². The topological polar surface area (TPSA) is 123 Å². The second-order valence-corrected chi connectivity index (χ2v) is 10.4. The third-order valence-electron chi connectivity index (χ3n) is 6.26. The Bertz CT molecular complexity index is 1670. The Hall–Kier alpha value is -4.72. The molecule has 1 aromatic heterocycles. The maximum atomic E-state index is 13.6. The van der Waals surface area contributed by atoms with Crippen molar-refractivity contribution in [3.63, 3.8) is 0 Å². The van der Waals surface area contributed by atoms with Crippen LogP contribution in [0.2, 0.25) is 5.02 Å². The third-order valence-corrected chi connectivity index (χ3v) is 7.53. The number of carbonyl (C=O) groups is 2. The van der Waals surface area contributed by atoms with Crippen LogP contribution in [0.25, 0.3) is 11.1 Å². The van der Waals surface area contributed by atoms with Gasteiger partial charge in [0, 0.05) is 23.4 Å². The normalized spacial score (nSPS) is 10.4. The van der Waals surface area contributed by atoms with E-state index in [2.05, 4.69) is 21.7 Å². The minimum atomic E-state index is -0.408. The van der Waals surface area contributed by atoms with Crippen LogP contribution in [0.1, 0.15) is 28.5 Å². The summed E-state index contributed by atoms with van der Waals surface area (Å²) in [6.07, 6.45) is 0. The van der Waals surface area contributed by atoms with Gasteiger partial charge in [0.2, 0.25) is 5.91 Å². The second-order valence-electron chi connectivity index (χ2n) is 9.04. The molecule has 0 aliphatic heterocycles. The highest BCUT2D eigenvalue weighted by atomic mass is 35.5. The number of anilines is 2. The van der Waals surface area contributed by atoms with E-state index in [4.69, 9.17) is 25.8 Å². The van der Waals surface area contributed by atoms with Crippen LogP contribution in [-0.2, 0) is 4.79 Å². The van der Waals surface area contributed by atoms with Gasteiger partial charge in [-0.05, 0) is 43.7 Å². The number of aryl methyl sites for hydroxylation is 1. The number of ether oxygens (including phenoxy) is 3. The molecule has 0 atom stereocenters. The van der Waals surface area contributed by atoms with Crippen molar-refractivity contribution in [1.82, 2.24) is 4.98 Å². The van der Waals surface area contributed by atoms with E-state index in [1.165, 1.54) is 14.2 Å². The summed E-state index contributed by atoms with van der Waals surface area (Å²) in [6, 6.07) is 21.5. The number of nitrogens with one attached hydrogen (secondary N) is 2. The number of amides is 2. The van der Waals surface area contributed by atoms with Gasteiger partial charge in [-0.1, -0.05) is 53.7 Å². The quantitative estimate of drug-likeness (QED) is 0.173. The van der Waals surface area contributed by atoms with Crippen molar-refractivity contribution in [2.75, 3.05) is 37.2 Å². The molecule has 0 fully saturated rings. The largest absolute Gasteiger partial charge is 0.495 e. The molecule has 220 valence electrons. The van der Waals surface area contributed by atoms with E-state index < -0.39 is 5.91 Å². The summed E-state index contributed by atoms with van der Waals surface area (Å²) in [4.78, 5) is 31.2. The average molecular weight is 617 g/mol. The van der Waals surface area contributed by atoms with Crippen molar-refractivity contribution in [2.24, 2.45) is 0 Å². The van der Waals surface area contributed by atoms with E-state index in [0.717, 1.165) is 11.8 Å². The highest BCUT2D eigenvalue weighted by Crippen LogP contribution is 2.38. The van der Waals surface area contributed by atoms with Crippen molar-refractivity contribution < 1.29 is 23.8 Å². The molecule has 4 rings (SSSR count). The molecule has 9 nitrogen and oxygen atoms in total. The highest BCUT2D eigenvalue weighted by molar-refractivity contribution is 8.00. The van der Waals surface area contributed by atoms with Crippen molar-refractivity contribution in [2.45, 2.75) is 18.9 Å². The number of benzene rings is 3. The first-order valence-electron chi connectivity index (χ1n) is 13.2. The number of hydrogen-bond donors (Lipinski definition) is 2. The number of halogens is 1. The van der Waals surface area contributed by atoms with Crippen LogP contribution >= 0.6 is 23.4 Å². The number of methoxy groups -OCH3 is 2. The monoisotopic (exact) mass is 616 g/mol. The summed E-state index contributed by atoms with van der Waals surface area (Å²) in [5.41, 5.74) is 2.87. The van der Waals surface area contributed by atoms with Gasteiger partial charge in [-0.15, -0.1) is 0 Å². The second kappa shape index (κ2) is 14.4. The maximum Gasteiger partial charge on any atom is 0.258 e. The van der Waals surface area contributed by atoms with Crippen LogP contribution in [0.5, 0.6) is 17.2 Å². The Kier molecular flexibility index (Phi) is 10.5. The Labute approximate surface area is 259 Å². The van der Waals surface area contributed by atoms with E-state index in [9.17, 15) is 14.9 Å². The van der Waals surface area contributed by atoms with Gasteiger partial charge in [-0.3, -0.25) is 9.59 Å². The lowest BCUT2D eigenvalue weighted by Crippen LogP contribution is -2.18. The molecule has 43 heavy (non-hydrogen) atoms.